The van der Waals surface area contributed by atoms with Crippen molar-refractivity contribution < 1.29 is 9.53 Å². The van der Waals surface area contributed by atoms with Crippen molar-refractivity contribution in [1.29, 1.82) is 0 Å². The fraction of sp³-hybridized carbons (Fsp3) is 0.765. The van der Waals surface area contributed by atoms with E-state index < -0.39 is 0 Å². The first-order valence-corrected chi connectivity index (χ1v) is 8.94. The fourth-order valence-corrected chi connectivity index (χ4v) is 3.72. The Hall–Kier alpha value is -1.44. The van der Waals surface area contributed by atoms with E-state index in [0.29, 0.717) is 12.5 Å². The maximum absolute atomic E-state index is 12.9. The maximum atomic E-state index is 12.9. The average molecular weight is 335 g/mol. The molecule has 3 heterocycles. The second-order valence-corrected chi connectivity index (χ2v) is 6.85. The molecule has 0 aliphatic carbocycles. The number of imidazole rings is 1. The summed E-state index contributed by atoms with van der Waals surface area (Å²) in [5.41, 5.74) is 5.94. The van der Waals surface area contributed by atoms with Crippen LogP contribution in [0.2, 0.25) is 0 Å². The van der Waals surface area contributed by atoms with Gasteiger partial charge in [0.2, 0.25) is 5.91 Å². The number of hydrogen-bond donors (Lipinski definition) is 1. The van der Waals surface area contributed by atoms with Crippen LogP contribution in [0, 0.1) is 11.8 Å². The van der Waals surface area contributed by atoms with Gasteiger partial charge in [0.05, 0.1) is 12.5 Å². The van der Waals surface area contributed by atoms with E-state index in [-0.39, 0.29) is 11.8 Å². The average Bonchev–Trinajstić information content (AvgIpc) is 3.02. The molecule has 0 spiro atoms. The van der Waals surface area contributed by atoms with Crippen LogP contribution in [0.15, 0.2) is 12.4 Å². The Kier molecular flexibility index (Phi) is 5.86. The van der Waals surface area contributed by atoms with Crippen LogP contribution in [-0.4, -0.2) is 71.2 Å². The highest BCUT2D eigenvalue weighted by Gasteiger charge is 2.33. The van der Waals surface area contributed by atoms with E-state index in [0.717, 1.165) is 64.6 Å². The molecule has 0 radical (unpaired) electrons. The zero-order valence-corrected chi connectivity index (χ0v) is 14.6. The highest BCUT2D eigenvalue weighted by Crippen LogP contribution is 2.25. The van der Waals surface area contributed by atoms with Gasteiger partial charge >= 0.3 is 0 Å². The highest BCUT2D eigenvalue weighted by atomic mass is 16.5. The van der Waals surface area contributed by atoms with Crippen LogP contribution in [-0.2, 0) is 23.1 Å². The molecule has 2 saturated heterocycles. The summed E-state index contributed by atoms with van der Waals surface area (Å²) in [5.74, 6) is 1.63. The summed E-state index contributed by atoms with van der Waals surface area (Å²) in [6, 6.07) is 0. The van der Waals surface area contributed by atoms with Crippen LogP contribution in [0.1, 0.15) is 18.7 Å². The molecule has 2 fully saturated rings. The number of carbonyl (C=O) groups is 1. The summed E-state index contributed by atoms with van der Waals surface area (Å²) >= 11 is 0. The van der Waals surface area contributed by atoms with Gasteiger partial charge in [0.15, 0.2) is 0 Å². The molecular formula is C17H29N5O2. The largest absolute Gasteiger partial charge is 0.381 e. The van der Waals surface area contributed by atoms with Crippen LogP contribution in [0.5, 0.6) is 0 Å². The number of carbonyl (C=O) groups excluding carboxylic acids is 1. The molecule has 7 nitrogen and oxygen atoms in total. The lowest BCUT2D eigenvalue weighted by Crippen LogP contribution is -2.52. The maximum Gasteiger partial charge on any atom is 0.227 e. The van der Waals surface area contributed by atoms with Crippen molar-refractivity contribution in [2.45, 2.75) is 19.4 Å². The fourth-order valence-electron chi connectivity index (χ4n) is 3.72. The van der Waals surface area contributed by atoms with Gasteiger partial charge in [0.25, 0.3) is 0 Å². The number of aromatic nitrogens is 2. The van der Waals surface area contributed by atoms with Crippen LogP contribution in [0.25, 0.3) is 0 Å². The summed E-state index contributed by atoms with van der Waals surface area (Å²) in [5, 5.41) is 0. The number of hydrogen-bond acceptors (Lipinski definition) is 5. The second kappa shape index (κ2) is 8.09. The molecule has 2 aliphatic rings. The lowest BCUT2D eigenvalue weighted by molar-refractivity contribution is -0.140. The Bertz CT molecular complexity index is 533. The molecule has 3 rings (SSSR count). The molecular weight excluding hydrogens is 306 g/mol. The third kappa shape index (κ3) is 3.96. The minimum absolute atomic E-state index is 0.0463. The normalized spacial score (nSPS) is 21.8. The predicted octanol–water partition coefficient (Wildman–Crippen LogP) is 0.0658. The van der Waals surface area contributed by atoms with Gasteiger partial charge in [0.1, 0.15) is 5.82 Å². The van der Waals surface area contributed by atoms with Crippen LogP contribution in [0.4, 0.5) is 0 Å². The molecule has 0 saturated carbocycles. The van der Waals surface area contributed by atoms with Crippen LogP contribution in [0.3, 0.4) is 0 Å². The summed E-state index contributed by atoms with van der Waals surface area (Å²) in [7, 11) is 2.02. The number of nitrogens with two attached hydrogens (primary N) is 1. The molecule has 2 aliphatic heterocycles. The van der Waals surface area contributed by atoms with Crippen molar-refractivity contribution >= 4 is 5.91 Å². The van der Waals surface area contributed by atoms with Gasteiger partial charge in [-0.2, -0.15) is 0 Å². The molecule has 1 unspecified atom stereocenters. The van der Waals surface area contributed by atoms with E-state index in [1.165, 1.54) is 0 Å². The van der Waals surface area contributed by atoms with Crippen molar-refractivity contribution in [2.24, 2.45) is 24.6 Å². The number of nitrogens with zero attached hydrogens (tertiary/aromatic N) is 4. The standard InChI is InChI=1S/C17H29N5O2/c1-20-5-4-19-16(20)13-21-6-8-22(9-7-21)17(23)15(12-18)14-2-10-24-11-3-14/h4-5,14-15H,2-3,6-13,18H2,1H3. The van der Waals surface area contributed by atoms with Gasteiger partial charge in [-0.15, -0.1) is 0 Å². The lowest BCUT2D eigenvalue weighted by Gasteiger charge is -2.38. The molecule has 24 heavy (non-hydrogen) atoms. The van der Waals surface area contributed by atoms with Crippen LogP contribution >= 0.6 is 0 Å². The molecule has 1 amide bonds. The molecule has 1 aromatic heterocycles. The molecule has 0 bridgehead atoms. The Morgan fingerprint density at radius 1 is 1.33 bits per heavy atom. The summed E-state index contributed by atoms with van der Waals surface area (Å²) < 4.78 is 7.46. The summed E-state index contributed by atoms with van der Waals surface area (Å²) in [4.78, 5) is 21.6. The molecule has 134 valence electrons. The first-order valence-electron chi connectivity index (χ1n) is 8.94. The third-order valence-electron chi connectivity index (χ3n) is 5.38. The minimum atomic E-state index is -0.0463. The van der Waals surface area contributed by atoms with E-state index in [2.05, 4.69) is 9.88 Å². The Morgan fingerprint density at radius 3 is 2.62 bits per heavy atom. The van der Waals surface area contributed by atoms with Gasteiger partial charge in [-0.1, -0.05) is 0 Å². The Labute approximate surface area is 143 Å². The zero-order valence-electron chi connectivity index (χ0n) is 14.6. The van der Waals surface area contributed by atoms with E-state index in [1.807, 2.05) is 28.9 Å². The molecule has 0 aromatic carbocycles. The summed E-state index contributed by atoms with van der Waals surface area (Å²) in [6.07, 6.45) is 5.70. The predicted molar refractivity (Wildman–Crippen MR) is 91.2 cm³/mol. The van der Waals surface area contributed by atoms with Crippen molar-refractivity contribution in [3.63, 3.8) is 0 Å². The van der Waals surface area contributed by atoms with Crippen LogP contribution < -0.4 is 5.73 Å². The molecule has 1 aromatic rings. The topological polar surface area (TPSA) is 76.6 Å². The van der Waals surface area contributed by atoms with Gasteiger partial charge in [-0.05, 0) is 18.8 Å². The first-order chi connectivity index (χ1) is 11.7. The van der Waals surface area contributed by atoms with Crippen molar-refractivity contribution in [3.8, 4) is 0 Å². The third-order valence-corrected chi connectivity index (χ3v) is 5.38. The van der Waals surface area contributed by atoms with Gasteiger partial charge < -0.3 is 19.9 Å². The second-order valence-electron chi connectivity index (χ2n) is 6.85. The van der Waals surface area contributed by atoms with Crippen molar-refractivity contribution in [2.75, 3.05) is 45.9 Å². The smallest absolute Gasteiger partial charge is 0.227 e. The van der Waals surface area contributed by atoms with Crippen molar-refractivity contribution in [3.05, 3.63) is 18.2 Å². The zero-order chi connectivity index (χ0) is 16.9. The first kappa shape index (κ1) is 17.4. The Morgan fingerprint density at radius 2 is 2.04 bits per heavy atom. The molecule has 2 N–H and O–H groups in total. The van der Waals surface area contributed by atoms with E-state index in [4.69, 9.17) is 10.5 Å². The highest BCUT2D eigenvalue weighted by molar-refractivity contribution is 5.79. The minimum Gasteiger partial charge on any atom is -0.381 e. The number of rotatable bonds is 5. The number of aryl methyl sites for hydroxylation is 1. The van der Waals surface area contributed by atoms with E-state index in [9.17, 15) is 4.79 Å². The number of amides is 1. The summed E-state index contributed by atoms with van der Waals surface area (Å²) in [6.45, 7) is 6.14. The van der Waals surface area contributed by atoms with E-state index in [1.54, 1.807) is 0 Å². The number of piperazine rings is 1. The molecule has 7 heteroatoms. The number of ether oxygens (including phenoxy) is 1. The van der Waals surface area contributed by atoms with Crippen molar-refractivity contribution in [1.82, 2.24) is 19.4 Å². The Balaban J connectivity index is 1.51. The van der Waals surface area contributed by atoms with Gasteiger partial charge in [-0.25, -0.2) is 4.98 Å². The molecule has 1 atom stereocenters. The lowest BCUT2D eigenvalue weighted by atomic mass is 9.85. The van der Waals surface area contributed by atoms with Gasteiger partial charge in [0, 0.05) is 65.4 Å². The SMILES string of the molecule is Cn1ccnc1CN1CCN(C(=O)C(CN)C2CCOCC2)CC1. The van der Waals surface area contributed by atoms with E-state index >= 15 is 0 Å². The monoisotopic (exact) mass is 335 g/mol. The van der Waals surface area contributed by atoms with Gasteiger partial charge in [-0.3, -0.25) is 9.69 Å². The quantitative estimate of drug-likeness (QED) is 0.824.